The van der Waals surface area contributed by atoms with Crippen LogP contribution < -0.4 is 0 Å². The lowest BCUT2D eigenvalue weighted by molar-refractivity contribution is -0.338. The van der Waals surface area contributed by atoms with Crippen LogP contribution in [-0.4, -0.2) is 53.6 Å². The Labute approximate surface area is 166 Å². The fraction of sp³-hybridized carbons (Fsp3) is 0.739. The maximum Gasteiger partial charge on any atom is 0.331 e. The van der Waals surface area contributed by atoms with E-state index < -0.39 is 0 Å². The Bertz CT molecular complexity index is 828. The molecule has 6 aliphatic rings. The Morgan fingerprint density at radius 2 is 2.14 bits per heavy atom. The molecule has 6 fully saturated rings. The number of hydrogen-bond acceptors (Lipinski definition) is 5. The number of piperidine rings is 1. The second kappa shape index (κ2) is 5.37. The van der Waals surface area contributed by atoms with Crippen molar-refractivity contribution in [2.45, 2.75) is 75.8 Å². The fourth-order valence-corrected chi connectivity index (χ4v) is 8.40. The number of Topliss-reactive ketones (excluding diaryl/α,β-unsaturated/α-hetero) is 1. The first kappa shape index (κ1) is 17.4. The van der Waals surface area contributed by atoms with Crippen LogP contribution in [0.25, 0.3) is 0 Å². The van der Waals surface area contributed by atoms with Gasteiger partial charge < -0.3 is 9.47 Å². The third kappa shape index (κ3) is 1.82. The van der Waals surface area contributed by atoms with Crippen molar-refractivity contribution in [3.8, 4) is 0 Å². The fourth-order valence-electron chi connectivity index (χ4n) is 8.40. The molecule has 6 rings (SSSR count). The second-order valence-electron chi connectivity index (χ2n) is 10.3. The van der Waals surface area contributed by atoms with Crippen molar-refractivity contribution in [3.63, 3.8) is 0 Å². The number of esters is 1. The van der Waals surface area contributed by atoms with Gasteiger partial charge in [0, 0.05) is 41.3 Å². The lowest BCUT2D eigenvalue weighted by Crippen LogP contribution is -2.91. The van der Waals surface area contributed by atoms with Gasteiger partial charge in [-0.05, 0) is 52.5 Å². The molecule has 0 aromatic heterocycles. The summed E-state index contributed by atoms with van der Waals surface area (Å²) in [6.07, 6.45) is 9.46. The molecule has 0 amide bonds. The first-order valence-corrected chi connectivity index (χ1v) is 10.8. The van der Waals surface area contributed by atoms with Crippen LogP contribution in [0.1, 0.15) is 46.0 Å². The second-order valence-corrected chi connectivity index (χ2v) is 10.3. The first-order valence-electron chi connectivity index (χ1n) is 10.8. The van der Waals surface area contributed by atoms with Crippen molar-refractivity contribution in [3.05, 3.63) is 23.8 Å². The van der Waals surface area contributed by atoms with Gasteiger partial charge >= 0.3 is 5.97 Å². The molecule has 5 nitrogen and oxygen atoms in total. The highest BCUT2D eigenvalue weighted by Gasteiger charge is 2.88. The van der Waals surface area contributed by atoms with Gasteiger partial charge in [-0.25, -0.2) is 4.79 Å². The van der Waals surface area contributed by atoms with E-state index >= 15 is 0 Å². The van der Waals surface area contributed by atoms with Crippen molar-refractivity contribution in [1.82, 2.24) is 4.90 Å². The smallest absolute Gasteiger partial charge is 0.331 e. The summed E-state index contributed by atoms with van der Waals surface area (Å²) in [5.41, 5.74) is 1.29. The summed E-state index contributed by atoms with van der Waals surface area (Å²) in [6.45, 7) is 3.99. The van der Waals surface area contributed by atoms with Crippen molar-refractivity contribution < 1.29 is 19.1 Å². The van der Waals surface area contributed by atoms with Crippen molar-refractivity contribution in [2.75, 3.05) is 7.05 Å². The molecule has 2 aliphatic heterocycles. The van der Waals surface area contributed by atoms with Gasteiger partial charge in [0.15, 0.2) is 5.78 Å². The normalized spacial score (nSPS) is 52.5. The number of carbonyl (C=O) groups is 2. The third-order valence-electron chi connectivity index (χ3n) is 9.05. The summed E-state index contributed by atoms with van der Waals surface area (Å²) >= 11 is 0. The van der Waals surface area contributed by atoms with E-state index in [4.69, 9.17) is 9.47 Å². The summed E-state index contributed by atoms with van der Waals surface area (Å²) < 4.78 is 12.3. The summed E-state index contributed by atoms with van der Waals surface area (Å²) in [7, 11) is 2.22. The van der Waals surface area contributed by atoms with E-state index in [0.717, 1.165) is 24.8 Å². The minimum Gasteiger partial charge on any atom is -0.456 e. The number of ketones is 1. The SMILES string of the molecule is CC(C)=C/C=C/C(=O)OC1CCC2C[C@@H]3[C@@H]4C5(CC(=O)[C@@H]6OC1C2[C@]46C5)N3C. The molecule has 4 saturated carbocycles. The highest BCUT2D eigenvalue weighted by atomic mass is 16.6. The Morgan fingerprint density at radius 1 is 1.32 bits per heavy atom. The summed E-state index contributed by atoms with van der Waals surface area (Å²) in [6, 6.07) is 0.624. The van der Waals surface area contributed by atoms with E-state index in [-0.39, 0.29) is 41.0 Å². The standard InChI is InChI=1S/C23H29NO4/c1-12(2)5-4-6-17(26)27-16-8-7-13-9-14-20-22(24(14)3)10-15(25)21-23(20,11-22)18(13)19(16)28-21/h4-6,13-14,16,18-21H,7-11H2,1-3H3/b6-4+/t13?,14-,16?,18?,19?,20-,21+,22?,23-/m1/s1. The lowest BCUT2D eigenvalue weighted by atomic mass is 9.28. The average Bonchev–Trinajstić information content (AvgIpc) is 3.00. The Hall–Kier alpha value is -1.46. The minimum atomic E-state index is -0.303. The zero-order valence-corrected chi connectivity index (χ0v) is 16.9. The highest BCUT2D eigenvalue weighted by Crippen LogP contribution is 2.81. The van der Waals surface area contributed by atoms with Gasteiger partial charge in [-0.3, -0.25) is 9.69 Å². The number of likely N-dealkylation sites (tertiary alicyclic amines) is 1. The van der Waals surface area contributed by atoms with Gasteiger partial charge in [0.05, 0.1) is 6.10 Å². The van der Waals surface area contributed by atoms with Crippen LogP contribution in [0, 0.1) is 23.2 Å². The van der Waals surface area contributed by atoms with Crippen molar-refractivity contribution in [2.24, 2.45) is 23.2 Å². The van der Waals surface area contributed by atoms with Gasteiger partial charge in [0.25, 0.3) is 0 Å². The molecule has 150 valence electrons. The van der Waals surface area contributed by atoms with E-state index in [1.54, 1.807) is 6.08 Å². The molecule has 0 aromatic carbocycles. The van der Waals surface area contributed by atoms with E-state index in [0.29, 0.717) is 30.2 Å². The molecule has 2 saturated heterocycles. The number of carbonyl (C=O) groups excluding carboxylic acids is 2. The van der Waals surface area contributed by atoms with Crippen LogP contribution in [0.5, 0.6) is 0 Å². The van der Waals surface area contributed by atoms with Crippen LogP contribution >= 0.6 is 0 Å². The number of allylic oxidation sites excluding steroid dienone is 3. The number of ether oxygens (including phenoxy) is 2. The topological polar surface area (TPSA) is 55.8 Å². The lowest BCUT2D eigenvalue weighted by Gasteiger charge is -2.84. The summed E-state index contributed by atoms with van der Waals surface area (Å²) in [5.74, 6) is 1.59. The molecule has 0 N–H and O–H groups in total. The Balaban J connectivity index is 1.28. The molecule has 5 unspecified atom stereocenters. The highest BCUT2D eigenvalue weighted by molar-refractivity contribution is 5.89. The molecule has 0 aromatic rings. The molecule has 0 radical (unpaired) electrons. The number of rotatable bonds is 3. The van der Waals surface area contributed by atoms with Crippen LogP contribution in [-0.2, 0) is 19.1 Å². The molecule has 5 heteroatoms. The zero-order chi connectivity index (χ0) is 19.4. The summed E-state index contributed by atoms with van der Waals surface area (Å²) in [5, 5.41) is 0. The van der Waals surface area contributed by atoms with Crippen LogP contribution in [0.3, 0.4) is 0 Å². The number of nitrogens with zero attached hydrogens (tertiary/aromatic N) is 1. The Kier molecular flexibility index (Phi) is 3.33. The maximum atomic E-state index is 13.0. The zero-order valence-electron chi connectivity index (χ0n) is 16.9. The molecule has 1 spiro atoms. The molecule has 4 aliphatic carbocycles. The number of hydrogen-bond donors (Lipinski definition) is 0. The van der Waals surface area contributed by atoms with Crippen LogP contribution in [0.2, 0.25) is 0 Å². The molecular formula is C23H29NO4. The molecular weight excluding hydrogens is 354 g/mol. The average molecular weight is 383 g/mol. The maximum absolute atomic E-state index is 13.0. The molecule has 2 heterocycles. The van der Waals surface area contributed by atoms with Gasteiger partial charge in [-0.15, -0.1) is 0 Å². The van der Waals surface area contributed by atoms with E-state index in [1.165, 1.54) is 12.5 Å². The molecule has 28 heavy (non-hydrogen) atoms. The van der Waals surface area contributed by atoms with Gasteiger partial charge in [-0.2, -0.15) is 0 Å². The predicted octanol–water partition coefficient (Wildman–Crippen LogP) is 2.65. The minimum absolute atomic E-state index is 0.0308. The predicted molar refractivity (Wildman–Crippen MR) is 102 cm³/mol. The third-order valence-corrected chi connectivity index (χ3v) is 9.05. The molecule has 2 bridgehead atoms. The van der Waals surface area contributed by atoms with E-state index in [2.05, 4.69) is 11.9 Å². The van der Waals surface area contributed by atoms with Crippen molar-refractivity contribution >= 4 is 11.8 Å². The molecule has 9 atom stereocenters. The summed E-state index contributed by atoms with van der Waals surface area (Å²) in [4.78, 5) is 27.8. The van der Waals surface area contributed by atoms with Crippen LogP contribution in [0.4, 0.5) is 0 Å². The van der Waals surface area contributed by atoms with Crippen molar-refractivity contribution in [1.29, 1.82) is 0 Å². The van der Waals surface area contributed by atoms with Gasteiger partial charge in [0.2, 0.25) is 0 Å². The van der Waals surface area contributed by atoms with Gasteiger partial charge in [0.1, 0.15) is 12.2 Å². The van der Waals surface area contributed by atoms with Crippen LogP contribution in [0.15, 0.2) is 23.8 Å². The largest absolute Gasteiger partial charge is 0.456 e. The Morgan fingerprint density at radius 3 is 2.93 bits per heavy atom. The quantitative estimate of drug-likeness (QED) is 0.426. The van der Waals surface area contributed by atoms with E-state index in [1.807, 2.05) is 19.9 Å². The van der Waals surface area contributed by atoms with Gasteiger partial charge in [-0.1, -0.05) is 17.7 Å². The first-order chi connectivity index (χ1) is 13.4. The monoisotopic (exact) mass is 383 g/mol. The van der Waals surface area contributed by atoms with E-state index in [9.17, 15) is 9.59 Å².